The first kappa shape index (κ1) is 13.8. The van der Waals surface area contributed by atoms with Gasteiger partial charge in [-0.15, -0.1) is 0 Å². The van der Waals surface area contributed by atoms with Crippen molar-refractivity contribution in [1.29, 1.82) is 0 Å². The second kappa shape index (κ2) is 5.85. The number of nitrogens with zero attached hydrogens (tertiary/aromatic N) is 2. The van der Waals surface area contributed by atoms with Crippen LogP contribution in [0.5, 0.6) is 5.75 Å². The Morgan fingerprint density at radius 1 is 1.56 bits per heavy atom. The molecule has 0 aromatic heterocycles. The lowest BCUT2D eigenvalue weighted by Crippen LogP contribution is -2.31. The van der Waals surface area contributed by atoms with Crippen LogP contribution in [-0.2, 0) is 0 Å². The number of anilines is 1. The summed E-state index contributed by atoms with van der Waals surface area (Å²) in [5, 5.41) is 13.2. The van der Waals surface area contributed by atoms with Crippen molar-refractivity contribution in [2.45, 2.75) is 6.92 Å². The van der Waals surface area contributed by atoms with Gasteiger partial charge in [0.15, 0.2) is 0 Å². The number of urea groups is 1. The molecule has 0 unspecified atom stereocenters. The lowest BCUT2D eigenvalue weighted by molar-refractivity contribution is -0.384. The Hall–Kier alpha value is -2.31. The van der Waals surface area contributed by atoms with Crippen molar-refractivity contribution in [3.8, 4) is 5.75 Å². The zero-order chi connectivity index (χ0) is 13.7. The van der Waals surface area contributed by atoms with Crippen molar-refractivity contribution in [3.63, 3.8) is 0 Å². The van der Waals surface area contributed by atoms with Crippen molar-refractivity contribution in [1.82, 2.24) is 4.90 Å². The summed E-state index contributed by atoms with van der Waals surface area (Å²) in [5.74, 6) is 0.252. The SMILES string of the molecule is CCN(C)C(=O)Nc1ccc([N+](=O)[O-])cc1OC. The quantitative estimate of drug-likeness (QED) is 0.657. The summed E-state index contributed by atoms with van der Waals surface area (Å²) < 4.78 is 5.01. The first-order valence-electron chi connectivity index (χ1n) is 5.34. The summed E-state index contributed by atoms with van der Waals surface area (Å²) >= 11 is 0. The third-order valence-electron chi connectivity index (χ3n) is 2.46. The van der Waals surface area contributed by atoms with Crippen molar-refractivity contribution >= 4 is 17.4 Å². The third-order valence-corrected chi connectivity index (χ3v) is 2.46. The zero-order valence-electron chi connectivity index (χ0n) is 10.5. The van der Waals surface area contributed by atoms with Gasteiger partial charge < -0.3 is 15.0 Å². The molecule has 0 saturated carbocycles. The fraction of sp³-hybridized carbons (Fsp3) is 0.364. The molecular weight excluding hydrogens is 238 g/mol. The topological polar surface area (TPSA) is 84.7 Å². The zero-order valence-corrected chi connectivity index (χ0v) is 10.5. The number of rotatable bonds is 4. The highest BCUT2D eigenvalue weighted by molar-refractivity contribution is 5.91. The number of amides is 2. The van der Waals surface area contributed by atoms with Crippen LogP contribution >= 0.6 is 0 Å². The molecule has 7 nitrogen and oxygen atoms in total. The van der Waals surface area contributed by atoms with Gasteiger partial charge in [0.05, 0.1) is 23.8 Å². The number of methoxy groups -OCH3 is 1. The van der Waals surface area contributed by atoms with E-state index in [0.717, 1.165) is 0 Å². The molecule has 0 bridgehead atoms. The molecule has 1 rings (SSSR count). The maximum absolute atomic E-state index is 11.7. The largest absolute Gasteiger partial charge is 0.494 e. The summed E-state index contributed by atoms with van der Waals surface area (Å²) in [6.45, 7) is 2.40. The van der Waals surface area contributed by atoms with Gasteiger partial charge in [-0.1, -0.05) is 0 Å². The van der Waals surface area contributed by atoms with E-state index in [9.17, 15) is 14.9 Å². The molecule has 0 radical (unpaired) electrons. The first-order chi connectivity index (χ1) is 8.49. The number of non-ortho nitro benzene ring substituents is 1. The van der Waals surface area contributed by atoms with Gasteiger partial charge in [0, 0.05) is 19.7 Å². The molecule has 0 saturated heterocycles. The smallest absolute Gasteiger partial charge is 0.321 e. The molecule has 0 aliphatic rings. The Morgan fingerprint density at radius 3 is 2.72 bits per heavy atom. The summed E-state index contributed by atoms with van der Waals surface area (Å²) in [6.07, 6.45) is 0. The Morgan fingerprint density at radius 2 is 2.22 bits per heavy atom. The molecule has 0 fully saturated rings. The fourth-order valence-corrected chi connectivity index (χ4v) is 1.25. The predicted octanol–water partition coefficient (Wildman–Crippen LogP) is 2.09. The van der Waals surface area contributed by atoms with Crippen LogP contribution in [0.4, 0.5) is 16.2 Å². The Balaban J connectivity index is 2.96. The number of nitro benzene ring substituents is 1. The minimum atomic E-state index is -0.522. The highest BCUT2D eigenvalue weighted by atomic mass is 16.6. The number of carbonyl (C=O) groups excluding carboxylic acids is 1. The normalized spacial score (nSPS) is 9.72. The molecule has 0 aliphatic heterocycles. The van der Waals surface area contributed by atoms with Gasteiger partial charge in [0.1, 0.15) is 5.75 Å². The predicted molar refractivity (Wildman–Crippen MR) is 67.0 cm³/mol. The Bertz CT molecular complexity index is 462. The molecule has 18 heavy (non-hydrogen) atoms. The average molecular weight is 253 g/mol. The molecule has 7 heteroatoms. The van der Waals surface area contributed by atoms with Crippen LogP contribution < -0.4 is 10.1 Å². The maximum Gasteiger partial charge on any atom is 0.321 e. The van der Waals surface area contributed by atoms with Crippen molar-refractivity contribution in [2.24, 2.45) is 0 Å². The lowest BCUT2D eigenvalue weighted by Gasteiger charge is -2.16. The Labute approximate surface area is 104 Å². The second-order valence-electron chi connectivity index (χ2n) is 3.59. The van der Waals surface area contributed by atoms with E-state index in [4.69, 9.17) is 4.74 Å². The summed E-state index contributed by atoms with van der Waals surface area (Å²) in [5.41, 5.74) is 0.307. The van der Waals surface area contributed by atoms with Gasteiger partial charge in [0.2, 0.25) is 0 Å². The molecule has 98 valence electrons. The van der Waals surface area contributed by atoms with E-state index in [1.165, 1.54) is 30.2 Å². The van der Waals surface area contributed by atoms with Crippen LogP contribution in [0.1, 0.15) is 6.92 Å². The van der Waals surface area contributed by atoms with E-state index in [2.05, 4.69) is 5.32 Å². The molecule has 2 amide bonds. The first-order valence-corrected chi connectivity index (χ1v) is 5.34. The van der Waals surface area contributed by atoms with Crippen molar-refractivity contribution < 1.29 is 14.5 Å². The molecule has 0 aliphatic carbocycles. The van der Waals surface area contributed by atoms with Gasteiger partial charge in [0.25, 0.3) is 5.69 Å². The monoisotopic (exact) mass is 253 g/mol. The van der Waals surface area contributed by atoms with Crippen LogP contribution in [0.25, 0.3) is 0 Å². The molecule has 1 aromatic carbocycles. The van der Waals surface area contributed by atoms with E-state index in [0.29, 0.717) is 12.2 Å². The van der Waals surface area contributed by atoms with E-state index in [1.54, 1.807) is 7.05 Å². The molecule has 0 spiro atoms. The number of nitro groups is 1. The Kier molecular flexibility index (Phi) is 4.47. The molecule has 1 aromatic rings. The van der Waals surface area contributed by atoms with Crippen molar-refractivity contribution in [3.05, 3.63) is 28.3 Å². The number of hydrogen-bond acceptors (Lipinski definition) is 4. The average Bonchev–Trinajstić information content (AvgIpc) is 2.37. The van der Waals surface area contributed by atoms with Gasteiger partial charge in [-0.05, 0) is 13.0 Å². The van der Waals surface area contributed by atoms with E-state index >= 15 is 0 Å². The highest BCUT2D eigenvalue weighted by Crippen LogP contribution is 2.29. The molecule has 0 heterocycles. The molecule has 0 atom stereocenters. The molecule has 1 N–H and O–H groups in total. The van der Waals surface area contributed by atoms with Crippen molar-refractivity contribution in [2.75, 3.05) is 26.0 Å². The number of benzene rings is 1. The summed E-state index contributed by atoms with van der Waals surface area (Å²) in [6, 6.07) is 3.72. The highest BCUT2D eigenvalue weighted by Gasteiger charge is 2.14. The maximum atomic E-state index is 11.7. The van der Waals surface area contributed by atoms with Gasteiger partial charge in [-0.3, -0.25) is 10.1 Å². The number of nitrogens with one attached hydrogen (secondary N) is 1. The number of ether oxygens (including phenoxy) is 1. The van der Waals surface area contributed by atoms with Crippen LogP contribution in [-0.4, -0.2) is 36.6 Å². The summed E-state index contributed by atoms with van der Waals surface area (Å²) in [4.78, 5) is 23.2. The van der Waals surface area contributed by atoms with E-state index in [1.807, 2.05) is 6.92 Å². The molecular formula is C11H15N3O4. The van der Waals surface area contributed by atoms with Gasteiger partial charge in [-0.2, -0.15) is 0 Å². The van der Waals surface area contributed by atoms with E-state index in [-0.39, 0.29) is 17.5 Å². The second-order valence-corrected chi connectivity index (χ2v) is 3.59. The van der Waals surface area contributed by atoms with Crippen LogP contribution in [0.15, 0.2) is 18.2 Å². The lowest BCUT2D eigenvalue weighted by atomic mass is 10.2. The fourth-order valence-electron chi connectivity index (χ4n) is 1.25. The minimum Gasteiger partial charge on any atom is -0.494 e. The van der Waals surface area contributed by atoms with Crippen LogP contribution in [0.2, 0.25) is 0 Å². The van der Waals surface area contributed by atoms with E-state index < -0.39 is 4.92 Å². The summed E-state index contributed by atoms with van der Waals surface area (Å²) in [7, 11) is 3.03. The number of carbonyl (C=O) groups is 1. The minimum absolute atomic E-state index is 0.0892. The third kappa shape index (κ3) is 3.09. The standard InChI is InChI=1S/C11H15N3O4/c1-4-13(2)11(15)12-9-6-5-8(14(16)17)7-10(9)18-3/h5-7H,4H2,1-3H3,(H,12,15). The van der Waals surface area contributed by atoms with Crippen LogP contribution in [0, 0.1) is 10.1 Å². The van der Waals surface area contributed by atoms with Gasteiger partial charge in [-0.25, -0.2) is 4.79 Å². The van der Waals surface area contributed by atoms with Gasteiger partial charge >= 0.3 is 6.03 Å². The van der Waals surface area contributed by atoms with Crippen LogP contribution in [0.3, 0.4) is 0 Å². The number of hydrogen-bond donors (Lipinski definition) is 1.